The number of carboxylic acid groups (broad SMARTS) is 1. The number of carboxylic acids is 1. The molecule has 1 aromatic rings. The van der Waals surface area contributed by atoms with Crippen molar-refractivity contribution in [3.63, 3.8) is 0 Å². The molecule has 0 fully saturated rings. The number of hydrogen-bond donors (Lipinski definition) is 2. The van der Waals surface area contributed by atoms with Gasteiger partial charge in [0, 0.05) is 10.6 Å². The number of amides is 1. The second-order valence-electron chi connectivity index (χ2n) is 4.35. The largest absolute Gasteiger partial charge is 0.480 e. The van der Waals surface area contributed by atoms with Gasteiger partial charge in [0.1, 0.15) is 5.54 Å². The minimum Gasteiger partial charge on any atom is -0.480 e. The zero-order valence-electron chi connectivity index (χ0n) is 9.87. The van der Waals surface area contributed by atoms with Gasteiger partial charge in [-0.3, -0.25) is 4.79 Å². The van der Waals surface area contributed by atoms with Gasteiger partial charge in [0.25, 0.3) is 5.91 Å². The van der Waals surface area contributed by atoms with E-state index in [1.807, 2.05) is 6.92 Å². The normalized spacial score (nSPS) is 11.1. The average Bonchev–Trinajstić information content (AvgIpc) is 2.21. The van der Waals surface area contributed by atoms with E-state index in [0.29, 0.717) is 10.6 Å². The van der Waals surface area contributed by atoms with E-state index in [4.69, 9.17) is 16.7 Å². The standard InChI is InChI=1S/C12H14ClNO3/c1-7-4-5-8(6-9(7)13)10(15)14-12(2,3)11(16)17/h4-6H,1-3H3,(H,14,15)(H,16,17). The van der Waals surface area contributed by atoms with Gasteiger partial charge in [0.2, 0.25) is 0 Å². The SMILES string of the molecule is Cc1ccc(C(=O)NC(C)(C)C(=O)O)cc1Cl. The van der Waals surface area contributed by atoms with Crippen LogP contribution >= 0.6 is 11.6 Å². The van der Waals surface area contributed by atoms with E-state index in [2.05, 4.69) is 5.32 Å². The van der Waals surface area contributed by atoms with Crippen molar-refractivity contribution in [2.75, 3.05) is 0 Å². The van der Waals surface area contributed by atoms with Crippen LogP contribution in [0.4, 0.5) is 0 Å². The maximum absolute atomic E-state index is 11.8. The molecule has 1 aromatic carbocycles. The molecule has 1 amide bonds. The minimum absolute atomic E-state index is 0.343. The van der Waals surface area contributed by atoms with E-state index in [-0.39, 0.29) is 0 Å². The molecule has 0 aliphatic heterocycles. The smallest absolute Gasteiger partial charge is 0.328 e. The molecule has 0 aliphatic rings. The number of nitrogens with one attached hydrogen (secondary N) is 1. The van der Waals surface area contributed by atoms with Crippen molar-refractivity contribution in [2.24, 2.45) is 0 Å². The first-order valence-electron chi connectivity index (χ1n) is 5.06. The molecule has 2 N–H and O–H groups in total. The molecule has 0 spiro atoms. The molecule has 0 atom stereocenters. The van der Waals surface area contributed by atoms with Crippen LogP contribution in [-0.2, 0) is 4.79 Å². The Morgan fingerprint density at radius 3 is 2.41 bits per heavy atom. The number of benzene rings is 1. The Bertz CT molecular complexity index is 469. The number of hydrogen-bond acceptors (Lipinski definition) is 2. The van der Waals surface area contributed by atoms with Crippen molar-refractivity contribution < 1.29 is 14.7 Å². The molecule has 5 heteroatoms. The van der Waals surface area contributed by atoms with Gasteiger partial charge in [-0.1, -0.05) is 17.7 Å². The van der Waals surface area contributed by atoms with Crippen molar-refractivity contribution >= 4 is 23.5 Å². The third-order valence-electron chi connectivity index (χ3n) is 2.39. The Balaban J connectivity index is 2.91. The highest BCUT2D eigenvalue weighted by molar-refractivity contribution is 6.31. The third kappa shape index (κ3) is 3.20. The maximum Gasteiger partial charge on any atom is 0.328 e. The highest BCUT2D eigenvalue weighted by Gasteiger charge is 2.29. The van der Waals surface area contributed by atoms with Crippen LogP contribution in [0, 0.1) is 6.92 Å². The molecule has 92 valence electrons. The lowest BCUT2D eigenvalue weighted by Crippen LogP contribution is -2.49. The lowest BCUT2D eigenvalue weighted by Gasteiger charge is -2.21. The van der Waals surface area contributed by atoms with Crippen molar-refractivity contribution in [2.45, 2.75) is 26.3 Å². The summed E-state index contributed by atoms with van der Waals surface area (Å²) in [6.45, 7) is 4.66. The lowest BCUT2D eigenvalue weighted by atomic mass is 10.0. The van der Waals surface area contributed by atoms with Crippen molar-refractivity contribution in [3.05, 3.63) is 34.3 Å². The highest BCUT2D eigenvalue weighted by atomic mass is 35.5. The summed E-state index contributed by atoms with van der Waals surface area (Å²) in [7, 11) is 0. The van der Waals surface area contributed by atoms with Crippen LogP contribution in [0.5, 0.6) is 0 Å². The fourth-order valence-corrected chi connectivity index (χ4v) is 1.32. The number of halogens is 1. The van der Waals surface area contributed by atoms with Gasteiger partial charge in [0.15, 0.2) is 0 Å². The van der Waals surface area contributed by atoms with Gasteiger partial charge in [-0.05, 0) is 38.5 Å². The van der Waals surface area contributed by atoms with E-state index in [0.717, 1.165) is 5.56 Å². The average molecular weight is 256 g/mol. The predicted molar refractivity (Wildman–Crippen MR) is 65.4 cm³/mol. The van der Waals surface area contributed by atoms with Gasteiger partial charge in [-0.25, -0.2) is 4.79 Å². The monoisotopic (exact) mass is 255 g/mol. The molecule has 0 saturated carbocycles. The first kappa shape index (κ1) is 13.5. The van der Waals surface area contributed by atoms with Crippen LogP contribution < -0.4 is 5.32 Å². The molecule has 1 rings (SSSR count). The second-order valence-corrected chi connectivity index (χ2v) is 4.76. The Labute approximate surface area is 105 Å². The molecule has 0 aliphatic carbocycles. The number of carbonyl (C=O) groups excluding carboxylic acids is 1. The summed E-state index contributed by atoms with van der Waals surface area (Å²) >= 11 is 5.90. The summed E-state index contributed by atoms with van der Waals surface area (Å²) < 4.78 is 0. The molecule has 0 saturated heterocycles. The highest BCUT2D eigenvalue weighted by Crippen LogP contribution is 2.17. The number of aryl methyl sites for hydroxylation is 1. The Kier molecular flexibility index (Phi) is 3.78. The molecule has 0 heterocycles. The van der Waals surface area contributed by atoms with Crippen LogP contribution in [0.2, 0.25) is 5.02 Å². The number of aliphatic carboxylic acids is 1. The fraction of sp³-hybridized carbons (Fsp3) is 0.333. The summed E-state index contributed by atoms with van der Waals surface area (Å²) in [5.74, 6) is -1.55. The first-order valence-corrected chi connectivity index (χ1v) is 5.44. The van der Waals surface area contributed by atoms with E-state index >= 15 is 0 Å². The molecule has 0 aromatic heterocycles. The zero-order chi connectivity index (χ0) is 13.2. The molecule has 0 unspecified atom stereocenters. The molecule has 0 radical (unpaired) electrons. The van der Waals surface area contributed by atoms with Crippen molar-refractivity contribution in [1.29, 1.82) is 0 Å². The number of rotatable bonds is 3. The molecular formula is C12H14ClNO3. The summed E-state index contributed by atoms with van der Waals surface area (Å²) in [5.41, 5.74) is -0.107. The molecule has 17 heavy (non-hydrogen) atoms. The Hall–Kier alpha value is -1.55. The summed E-state index contributed by atoms with van der Waals surface area (Å²) in [6.07, 6.45) is 0. The van der Waals surface area contributed by atoms with Crippen LogP contribution in [0.1, 0.15) is 29.8 Å². The van der Waals surface area contributed by atoms with Gasteiger partial charge in [-0.2, -0.15) is 0 Å². The third-order valence-corrected chi connectivity index (χ3v) is 2.80. The fourth-order valence-electron chi connectivity index (χ4n) is 1.14. The van der Waals surface area contributed by atoms with E-state index in [1.54, 1.807) is 12.1 Å². The maximum atomic E-state index is 11.8. The minimum atomic E-state index is -1.31. The summed E-state index contributed by atoms with van der Waals surface area (Å²) in [6, 6.07) is 4.84. The quantitative estimate of drug-likeness (QED) is 0.871. The lowest BCUT2D eigenvalue weighted by molar-refractivity contribution is -0.143. The van der Waals surface area contributed by atoms with Crippen LogP contribution in [0.3, 0.4) is 0 Å². The topological polar surface area (TPSA) is 66.4 Å². The molecule has 4 nitrogen and oxygen atoms in total. The zero-order valence-corrected chi connectivity index (χ0v) is 10.6. The van der Waals surface area contributed by atoms with E-state index in [9.17, 15) is 9.59 Å². The van der Waals surface area contributed by atoms with Crippen LogP contribution in [-0.4, -0.2) is 22.5 Å². The van der Waals surface area contributed by atoms with Crippen molar-refractivity contribution in [3.8, 4) is 0 Å². The first-order chi connectivity index (χ1) is 7.74. The van der Waals surface area contributed by atoms with Gasteiger partial charge < -0.3 is 10.4 Å². The van der Waals surface area contributed by atoms with E-state index < -0.39 is 17.4 Å². The van der Waals surface area contributed by atoms with Gasteiger partial charge >= 0.3 is 5.97 Å². The van der Waals surface area contributed by atoms with Crippen LogP contribution in [0.25, 0.3) is 0 Å². The van der Waals surface area contributed by atoms with Gasteiger partial charge in [-0.15, -0.1) is 0 Å². The van der Waals surface area contributed by atoms with Gasteiger partial charge in [0.05, 0.1) is 0 Å². The van der Waals surface area contributed by atoms with Crippen LogP contribution in [0.15, 0.2) is 18.2 Å². The second kappa shape index (κ2) is 4.75. The summed E-state index contributed by atoms with van der Waals surface area (Å²) in [5, 5.41) is 11.8. The Morgan fingerprint density at radius 1 is 1.35 bits per heavy atom. The molecule has 0 bridgehead atoms. The summed E-state index contributed by atoms with van der Waals surface area (Å²) in [4.78, 5) is 22.7. The molecular weight excluding hydrogens is 242 g/mol. The van der Waals surface area contributed by atoms with E-state index in [1.165, 1.54) is 19.9 Å². The Morgan fingerprint density at radius 2 is 1.94 bits per heavy atom. The van der Waals surface area contributed by atoms with Crippen molar-refractivity contribution in [1.82, 2.24) is 5.32 Å². The number of carbonyl (C=O) groups is 2. The predicted octanol–water partition coefficient (Wildman–Crippen LogP) is 2.24.